The SMILES string of the molecule is CCCC[C@](C)(O)C/C=C/[C@H]1C=CC(=O)C1CCCCCCC(=O)OC. The molecule has 0 bridgehead atoms. The Labute approximate surface area is 158 Å². The first kappa shape index (κ1) is 22.6. The maximum absolute atomic E-state index is 12.1. The number of rotatable bonds is 13. The van der Waals surface area contributed by atoms with E-state index in [1.807, 2.05) is 19.1 Å². The fraction of sp³-hybridized carbons (Fsp3) is 0.727. The number of ketones is 1. The van der Waals surface area contributed by atoms with Gasteiger partial charge in [0.1, 0.15) is 0 Å². The predicted octanol–water partition coefficient (Wildman–Crippen LogP) is 4.76. The van der Waals surface area contributed by atoms with E-state index in [1.54, 1.807) is 6.08 Å². The highest BCUT2D eigenvalue weighted by Gasteiger charge is 2.27. The van der Waals surface area contributed by atoms with E-state index in [0.717, 1.165) is 51.4 Å². The molecule has 26 heavy (non-hydrogen) atoms. The Morgan fingerprint density at radius 2 is 2.00 bits per heavy atom. The van der Waals surface area contributed by atoms with Gasteiger partial charge in [0, 0.05) is 18.3 Å². The van der Waals surface area contributed by atoms with Gasteiger partial charge in [-0.05, 0) is 38.7 Å². The summed E-state index contributed by atoms with van der Waals surface area (Å²) in [7, 11) is 1.41. The Kier molecular flexibility index (Phi) is 10.5. The van der Waals surface area contributed by atoms with Gasteiger partial charge >= 0.3 is 5.97 Å². The Morgan fingerprint density at radius 1 is 1.27 bits per heavy atom. The quantitative estimate of drug-likeness (QED) is 0.291. The maximum atomic E-state index is 12.1. The molecule has 0 radical (unpaired) electrons. The van der Waals surface area contributed by atoms with Crippen molar-refractivity contribution in [3.05, 3.63) is 24.3 Å². The molecule has 0 aromatic heterocycles. The minimum atomic E-state index is -0.659. The van der Waals surface area contributed by atoms with E-state index in [9.17, 15) is 14.7 Å². The first-order chi connectivity index (χ1) is 12.4. The zero-order valence-electron chi connectivity index (χ0n) is 16.7. The molecular weight excluding hydrogens is 328 g/mol. The Bertz CT molecular complexity index is 490. The number of esters is 1. The fourth-order valence-electron chi connectivity index (χ4n) is 3.41. The van der Waals surface area contributed by atoms with Crippen molar-refractivity contribution in [2.45, 2.75) is 83.7 Å². The lowest BCUT2D eigenvalue weighted by Crippen LogP contribution is -2.22. The van der Waals surface area contributed by atoms with Gasteiger partial charge in [-0.3, -0.25) is 9.59 Å². The van der Waals surface area contributed by atoms with E-state index in [1.165, 1.54) is 7.11 Å². The maximum Gasteiger partial charge on any atom is 0.305 e. The van der Waals surface area contributed by atoms with E-state index in [4.69, 9.17) is 0 Å². The van der Waals surface area contributed by atoms with Crippen molar-refractivity contribution in [2.24, 2.45) is 11.8 Å². The minimum Gasteiger partial charge on any atom is -0.469 e. The van der Waals surface area contributed by atoms with Gasteiger partial charge in [-0.1, -0.05) is 57.3 Å². The van der Waals surface area contributed by atoms with Crippen LogP contribution in [0.1, 0.15) is 78.1 Å². The predicted molar refractivity (Wildman–Crippen MR) is 105 cm³/mol. The standard InChI is InChI=1S/C22H36O4/c1-4-5-16-22(2,25)17-10-11-18-14-15-20(23)19(18)12-8-6-7-9-13-21(24)26-3/h10-11,14-15,18-19,25H,4-9,12-13,16-17H2,1-3H3/b11-10+/t18-,19?,22-/m0/s1. The molecule has 0 spiro atoms. The van der Waals surface area contributed by atoms with Gasteiger partial charge < -0.3 is 9.84 Å². The second kappa shape index (κ2) is 12.1. The molecule has 1 N–H and O–H groups in total. The molecule has 0 aliphatic heterocycles. The molecule has 4 heteroatoms. The fourth-order valence-corrected chi connectivity index (χ4v) is 3.41. The molecule has 0 fully saturated rings. The highest BCUT2D eigenvalue weighted by Crippen LogP contribution is 2.29. The number of carbonyl (C=O) groups excluding carboxylic acids is 2. The number of allylic oxidation sites excluding steroid dienone is 3. The molecule has 1 unspecified atom stereocenters. The molecule has 148 valence electrons. The van der Waals surface area contributed by atoms with Gasteiger partial charge in [-0.2, -0.15) is 0 Å². The molecule has 1 rings (SSSR count). The highest BCUT2D eigenvalue weighted by molar-refractivity contribution is 5.94. The van der Waals surface area contributed by atoms with Crippen molar-refractivity contribution in [3.63, 3.8) is 0 Å². The molecule has 0 amide bonds. The summed E-state index contributed by atoms with van der Waals surface area (Å²) in [6.07, 6.45) is 16.6. The number of methoxy groups -OCH3 is 1. The molecular formula is C22H36O4. The summed E-state index contributed by atoms with van der Waals surface area (Å²) < 4.78 is 4.63. The third kappa shape index (κ3) is 8.79. The Morgan fingerprint density at radius 3 is 2.69 bits per heavy atom. The van der Waals surface area contributed by atoms with Crippen LogP contribution in [-0.2, 0) is 14.3 Å². The van der Waals surface area contributed by atoms with Crippen LogP contribution in [0.15, 0.2) is 24.3 Å². The van der Waals surface area contributed by atoms with Crippen molar-refractivity contribution >= 4 is 11.8 Å². The van der Waals surface area contributed by atoms with E-state index in [-0.39, 0.29) is 23.6 Å². The largest absolute Gasteiger partial charge is 0.469 e. The summed E-state index contributed by atoms with van der Waals surface area (Å²) in [4.78, 5) is 23.2. The zero-order valence-corrected chi connectivity index (χ0v) is 16.7. The van der Waals surface area contributed by atoms with Crippen LogP contribution >= 0.6 is 0 Å². The number of ether oxygens (including phenoxy) is 1. The molecule has 0 saturated carbocycles. The van der Waals surface area contributed by atoms with Crippen molar-refractivity contribution in [3.8, 4) is 0 Å². The molecule has 0 aromatic rings. The second-order valence-corrected chi connectivity index (χ2v) is 7.71. The Hall–Kier alpha value is -1.42. The zero-order chi connectivity index (χ0) is 19.4. The van der Waals surface area contributed by atoms with Gasteiger partial charge in [0.15, 0.2) is 5.78 Å². The lowest BCUT2D eigenvalue weighted by atomic mass is 9.88. The van der Waals surface area contributed by atoms with Crippen molar-refractivity contribution < 1.29 is 19.4 Å². The van der Waals surface area contributed by atoms with Crippen LogP contribution in [0.2, 0.25) is 0 Å². The van der Waals surface area contributed by atoms with Gasteiger partial charge in [-0.15, -0.1) is 0 Å². The summed E-state index contributed by atoms with van der Waals surface area (Å²) in [5.41, 5.74) is -0.659. The smallest absolute Gasteiger partial charge is 0.305 e. The van der Waals surface area contributed by atoms with Gasteiger partial charge in [0.25, 0.3) is 0 Å². The number of carbonyl (C=O) groups is 2. The highest BCUT2D eigenvalue weighted by atomic mass is 16.5. The summed E-state index contributed by atoms with van der Waals surface area (Å²) in [5, 5.41) is 10.3. The van der Waals surface area contributed by atoms with Gasteiger partial charge in [-0.25, -0.2) is 0 Å². The van der Waals surface area contributed by atoms with Crippen LogP contribution in [0.5, 0.6) is 0 Å². The molecule has 3 atom stereocenters. The van der Waals surface area contributed by atoms with Crippen LogP contribution < -0.4 is 0 Å². The van der Waals surface area contributed by atoms with Crippen molar-refractivity contribution in [1.29, 1.82) is 0 Å². The van der Waals surface area contributed by atoms with E-state index in [2.05, 4.69) is 17.7 Å². The summed E-state index contributed by atoms with van der Waals surface area (Å²) in [6, 6.07) is 0. The number of aliphatic hydroxyl groups is 1. The Balaban J connectivity index is 2.32. The van der Waals surface area contributed by atoms with Gasteiger partial charge in [0.2, 0.25) is 0 Å². The molecule has 1 aliphatic carbocycles. The average Bonchev–Trinajstić information content (AvgIpc) is 2.96. The summed E-state index contributed by atoms with van der Waals surface area (Å²) >= 11 is 0. The third-order valence-corrected chi connectivity index (χ3v) is 5.17. The number of unbranched alkanes of at least 4 members (excludes halogenated alkanes) is 4. The van der Waals surface area contributed by atoms with Gasteiger partial charge in [0.05, 0.1) is 12.7 Å². The molecule has 0 saturated heterocycles. The van der Waals surface area contributed by atoms with Crippen molar-refractivity contribution in [1.82, 2.24) is 0 Å². The molecule has 0 heterocycles. The first-order valence-electron chi connectivity index (χ1n) is 10.1. The topological polar surface area (TPSA) is 63.6 Å². The van der Waals surface area contributed by atoms with Crippen LogP contribution in [0.4, 0.5) is 0 Å². The lowest BCUT2D eigenvalue weighted by Gasteiger charge is -2.21. The molecule has 0 aromatic carbocycles. The molecule has 1 aliphatic rings. The second-order valence-electron chi connectivity index (χ2n) is 7.71. The van der Waals surface area contributed by atoms with Crippen LogP contribution in [-0.4, -0.2) is 29.6 Å². The monoisotopic (exact) mass is 364 g/mol. The van der Waals surface area contributed by atoms with Crippen molar-refractivity contribution in [2.75, 3.05) is 7.11 Å². The van der Waals surface area contributed by atoms with Crippen LogP contribution in [0, 0.1) is 11.8 Å². The first-order valence-corrected chi connectivity index (χ1v) is 10.1. The molecule has 4 nitrogen and oxygen atoms in total. The van der Waals surface area contributed by atoms with E-state index in [0.29, 0.717) is 12.8 Å². The minimum absolute atomic E-state index is 0.0347. The summed E-state index contributed by atoms with van der Waals surface area (Å²) in [5.74, 6) is 0.249. The average molecular weight is 365 g/mol. The van der Waals surface area contributed by atoms with Crippen LogP contribution in [0.3, 0.4) is 0 Å². The van der Waals surface area contributed by atoms with Crippen LogP contribution in [0.25, 0.3) is 0 Å². The van der Waals surface area contributed by atoms with E-state index < -0.39 is 5.60 Å². The van der Waals surface area contributed by atoms with E-state index >= 15 is 0 Å². The number of hydrogen-bond donors (Lipinski definition) is 1. The third-order valence-electron chi connectivity index (χ3n) is 5.17. The number of hydrogen-bond acceptors (Lipinski definition) is 4. The normalized spacial score (nSPS) is 22.1. The summed E-state index contributed by atoms with van der Waals surface area (Å²) in [6.45, 7) is 4.01. The lowest BCUT2D eigenvalue weighted by molar-refractivity contribution is -0.140.